The molecule has 284 valence electrons. The molecule has 1 aliphatic carbocycles. The van der Waals surface area contributed by atoms with E-state index in [1.54, 1.807) is 0 Å². The summed E-state index contributed by atoms with van der Waals surface area (Å²) in [6, 6.07) is 62.0. The number of benzene rings is 7. The second-order valence-electron chi connectivity index (χ2n) is 15.6. The van der Waals surface area contributed by atoms with Crippen molar-refractivity contribution in [2.45, 2.75) is 33.1 Å². The van der Waals surface area contributed by atoms with Gasteiger partial charge >= 0.3 is 0 Å². The van der Waals surface area contributed by atoms with Crippen LogP contribution in [0.5, 0.6) is 0 Å². The molecule has 0 unspecified atom stereocenters. The molecular weight excluding hydrogens is 717 g/mol. The molecule has 4 heteroatoms. The molecular formula is C55H44N4. The van der Waals surface area contributed by atoms with Gasteiger partial charge in [0.1, 0.15) is 0 Å². The molecule has 11 rings (SSSR count). The van der Waals surface area contributed by atoms with Crippen LogP contribution in [0.2, 0.25) is 0 Å². The third-order valence-electron chi connectivity index (χ3n) is 12.3. The van der Waals surface area contributed by atoms with E-state index >= 15 is 0 Å². The summed E-state index contributed by atoms with van der Waals surface area (Å²) in [5.41, 5.74) is 15.8. The van der Waals surface area contributed by atoms with Crippen LogP contribution in [-0.2, 0) is 6.42 Å². The molecule has 0 N–H and O–H groups in total. The summed E-state index contributed by atoms with van der Waals surface area (Å²) in [7, 11) is 0. The molecule has 3 heterocycles. The summed E-state index contributed by atoms with van der Waals surface area (Å²) < 4.78 is 7.21. The topological polar surface area (TPSA) is 18.0 Å². The van der Waals surface area contributed by atoms with Crippen LogP contribution in [-0.4, -0.2) is 13.7 Å². The van der Waals surface area contributed by atoms with E-state index in [0.29, 0.717) is 0 Å². The van der Waals surface area contributed by atoms with E-state index in [9.17, 15) is 0 Å². The van der Waals surface area contributed by atoms with E-state index in [0.717, 1.165) is 36.3 Å². The van der Waals surface area contributed by atoms with Crippen LogP contribution >= 0.6 is 0 Å². The summed E-state index contributed by atoms with van der Waals surface area (Å²) in [5.74, 6) is 0. The molecule has 0 radical (unpaired) electrons. The molecule has 3 aromatic heterocycles. The van der Waals surface area contributed by atoms with Crippen LogP contribution in [0.15, 0.2) is 194 Å². The fraction of sp³-hybridized carbons (Fsp3) is 0.0909. The lowest BCUT2D eigenvalue weighted by molar-refractivity contribution is 0.967. The Bertz CT molecular complexity index is 3200. The zero-order valence-electron chi connectivity index (χ0n) is 33.4. The number of hydrogen-bond acceptors (Lipinski definition) is 1. The van der Waals surface area contributed by atoms with Gasteiger partial charge in [0.15, 0.2) is 0 Å². The monoisotopic (exact) mass is 760 g/mol. The van der Waals surface area contributed by atoms with Crippen LogP contribution in [0, 0.1) is 0 Å². The highest BCUT2D eigenvalue weighted by atomic mass is 15.1. The smallest absolute Gasteiger partial charge is 0.0541 e. The zero-order valence-corrected chi connectivity index (χ0v) is 33.4. The Kier molecular flexibility index (Phi) is 8.44. The maximum Gasteiger partial charge on any atom is 0.0541 e. The van der Waals surface area contributed by atoms with Crippen LogP contribution in [0.3, 0.4) is 0 Å². The van der Waals surface area contributed by atoms with Crippen molar-refractivity contribution in [2.75, 3.05) is 4.90 Å². The summed E-state index contributed by atoms with van der Waals surface area (Å²) in [6.07, 6.45) is 12.2. The van der Waals surface area contributed by atoms with E-state index in [-0.39, 0.29) is 0 Å². The number of aromatic nitrogens is 3. The summed E-state index contributed by atoms with van der Waals surface area (Å²) in [6.45, 7) is 4.48. The molecule has 0 saturated carbocycles. The van der Waals surface area contributed by atoms with Gasteiger partial charge in [-0.3, -0.25) is 0 Å². The standard InChI is InChI=1S/C55H44N4/c1-3-39(29-28-38(2)56-50-22-10-4-16-44(50)45-17-5-11-23-51(45)56)57(40-30-34-42(35-31-40)58-52-24-12-6-18-46(52)47-19-7-13-25-53(47)58)41-32-36-43(37-33-41)59-54-26-14-8-20-48(54)49-21-9-15-27-55(49)59/h4-8,10-20,22-37H,3,9,21H2,1-2H3/b38-28+,39-29+. The number of rotatable bonds is 8. The third-order valence-corrected chi connectivity index (χ3v) is 12.3. The Morgan fingerprint density at radius 3 is 1.47 bits per heavy atom. The SMILES string of the molecule is CC/C(=C\C=C(/C)n1c2ccccc2c2ccccc21)N(c1ccc(-n2c3c(c4ccccc42)CCC=C3)cc1)c1ccc(-n2c3ccccc3c3ccccc32)cc1. The number of para-hydroxylation sites is 5. The normalized spacial score (nSPS) is 13.3. The first-order valence-electron chi connectivity index (χ1n) is 20.8. The Morgan fingerprint density at radius 2 is 0.949 bits per heavy atom. The molecule has 1 aliphatic rings. The number of aryl methyl sites for hydroxylation is 1. The lowest BCUT2D eigenvalue weighted by Crippen LogP contribution is -2.16. The van der Waals surface area contributed by atoms with Gasteiger partial charge in [0.2, 0.25) is 0 Å². The largest absolute Gasteiger partial charge is 0.314 e. The number of nitrogens with zero attached hydrogens (tertiary/aromatic N) is 4. The van der Waals surface area contributed by atoms with Gasteiger partial charge in [-0.25, -0.2) is 0 Å². The molecule has 10 aromatic rings. The lowest BCUT2D eigenvalue weighted by atomic mass is 10.0. The lowest BCUT2D eigenvalue weighted by Gasteiger charge is -2.28. The first-order chi connectivity index (χ1) is 29.2. The Balaban J connectivity index is 1.04. The highest BCUT2D eigenvalue weighted by Gasteiger charge is 2.20. The van der Waals surface area contributed by atoms with E-state index in [2.05, 4.69) is 227 Å². The molecule has 0 amide bonds. The summed E-state index contributed by atoms with van der Waals surface area (Å²) >= 11 is 0. The van der Waals surface area contributed by atoms with Gasteiger partial charge in [-0.2, -0.15) is 0 Å². The highest BCUT2D eigenvalue weighted by Crippen LogP contribution is 2.38. The second kappa shape index (κ2) is 14.3. The fourth-order valence-corrected chi connectivity index (χ4v) is 9.59. The van der Waals surface area contributed by atoms with Gasteiger partial charge < -0.3 is 18.6 Å². The Labute approximate surface area is 344 Å². The van der Waals surface area contributed by atoms with E-state index < -0.39 is 0 Å². The van der Waals surface area contributed by atoms with Gasteiger partial charge in [-0.15, -0.1) is 0 Å². The van der Waals surface area contributed by atoms with Gasteiger partial charge in [0.25, 0.3) is 0 Å². The Hall–Kier alpha value is -7.30. The van der Waals surface area contributed by atoms with Crippen molar-refractivity contribution in [3.05, 3.63) is 205 Å². The first-order valence-corrected chi connectivity index (χ1v) is 20.8. The van der Waals surface area contributed by atoms with E-state index in [1.165, 1.54) is 82.9 Å². The van der Waals surface area contributed by atoms with Crippen molar-refractivity contribution in [2.24, 2.45) is 0 Å². The molecule has 7 aromatic carbocycles. The maximum absolute atomic E-state index is 2.43. The summed E-state index contributed by atoms with van der Waals surface area (Å²) in [5, 5.41) is 6.42. The molecule has 0 spiro atoms. The molecule has 0 atom stereocenters. The molecule has 4 nitrogen and oxygen atoms in total. The van der Waals surface area contributed by atoms with Crippen molar-refractivity contribution in [1.29, 1.82) is 0 Å². The number of fused-ring (bicyclic) bond motifs is 9. The molecule has 0 saturated heterocycles. The van der Waals surface area contributed by atoms with Gasteiger partial charge in [0.05, 0.1) is 27.6 Å². The molecule has 59 heavy (non-hydrogen) atoms. The molecule has 0 bridgehead atoms. The van der Waals surface area contributed by atoms with Gasteiger partial charge in [-0.05, 0) is 129 Å². The minimum absolute atomic E-state index is 0.841. The quantitative estimate of drug-likeness (QED) is 0.141. The van der Waals surface area contributed by atoms with Crippen LogP contribution in [0.1, 0.15) is 37.9 Å². The fourth-order valence-electron chi connectivity index (χ4n) is 9.59. The third kappa shape index (κ3) is 5.66. The first kappa shape index (κ1) is 34.9. The van der Waals surface area contributed by atoms with E-state index in [4.69, 9.17) is 0 Å². The van der Waals surface area contributed by atoms with Crippen LogP contribution in [0.4, 0.5) is 11.4 Å². The number of anilines is 2. The van der Waals surface area contributed by atoms with Crippen LogP contribution in [0.25, 0.3) is 77.7 Å². The molecule has 0 aliphatic heterocycles. The number of hydrogen-bond donors (Lipinski definition) is 0. The Morgan fingerprint density at radius 1 is 0.508 bits per heavy atom. The zero-order chi connectivity index (χ0) is 39.5. The molecule has 0 fully saturated rings. The predicted octanol–water partition coefficient (Wildman–Crippen LogP) is 14.8. The van der Waals surface area contributed by atoms with Crippen molar-refractivity contribution in [3.63, 3.8) is 0 Å². The van der Waals surface area contributed by atoms with Crippen molar-refractivity contribution in [1.82, 2.24) is 13.7 Å². The number of allylic oxidation sites excluding steroid dienone is 5. The maximum atomic E-state index is 2.43. The predicted molar refractivity (Wildman–Crippen MR) is 251 cm³/mol. The average Bonchev–Trinajstić information content (AvgIpc) is 3.94. The average molecular weight is 761 g/mol. The van der Waals surface area contributed by atoms with Gasteiger partial charge in [0, 0.05) is 66.8 Å². The van der Waals surface area contributed by atoms with Crippen LogP contribution < -0.4 is 4.90 Å². The minimum Gasteiger partial charge on any atom is -0.314 e. The highest BCUT2D eigenvalue weighted by molar-refractivity contribution is 6.10. The van der Waals surface area contributed by atoms with Crippen molar-refractivity contribution >= 4 is 77.7 Å². The summed E-state index contributed by atoms with van der Waals surface area (Å²) in [4.78, 5) is 2.43. The van der Waals surface area contributed by atoms with Crippen molar-refractivity contribution in [3.8, 4) is 11.4 Å². The second-order valence-corrected chi connectivity index (χ2v) is 15.6. The van der Waals surface area contributed by atoms with E-state index in [1.807, 2.05) is 0 Å². The van der Waals surface area contributed by atoms with Crippen molar-refractivity contribution < 1.29 is 0 Å². The minimum atomic E-state index is 0.841. The van der Waals surface area contributed by atoms with Gasteiger partial charge in [-0.1, -0.05) is 104 Å².